The summed E-state index contributed by atoms with van der Waals surface area (Å²) in [5, 5.41) is 3.22. The average molecular weight is 247 g/mol. The lowest BCUT2D eigenvalue weighted by Gasteiger charge is -2.28. The monoisotopic (exact) mass is 247 g/mol. The maximum atomic E-state index is 12.3. The van der Waals surface area contributed by atoms with Gasteiger partial charge in [-0.25, -0.2) is 0 Å². The Morgan fingerprint density at radius 1 is 1.44 bits per heavy atom. The smallest absolute Gasteiger partial charge is 0.237 e. The Bertz CT molecular complexity index is 473. The molecule has 0 saturated carbocycles. The zero-order chi connectivity index (χ0) is 13.1. The number of nitrogens with two attached hydrogens (primary N) is 1. The molecule has 0 radical (unpaired) electrons. The van der Waals surface area contributed by atoms with Crippen molar-refractivity contribution in [2.75, 3.05) is 20.1 Å². The third-order valence-electron chi connectivity index (χ3n) is 3.16. The van der Waals surface area contributed by atoms with E-state index in [1.807, 2.05) is 24.3 Å². The first-order valence-corrected chi connectivity index (χ1v) is 5.91. The van der Waals surface area contributed by atoms with Gasteiger partial charge in [-0.3, -0.25) is 9.59 Å². The third-order valence-corrected chi connectivity index (χ3v) is 3.16. The van der Waals surface area contributed by atoms with E-state index in [2.05, 4.69) is 5.32 Å². The zero-order valence-corrected chi connectivity index (χ0v) is 10.3. The summed E-state index contributed by atoms with van der Waals surface area (Å²) in [7, 11) is 1.60. The highest BCUT2D eigenvalue weighted by atomic mass is 16.2. The van der Waals surface area contributed by atoms with E-state index in [4.69, 9.17) is 5.73 Å². The minimum Gasteiger partial charge on any atom is -0.368 e. The molecular formula is C13H17N3O2. The number of hydrogen-bond donors (Lipinski definition) is 2. The molecule has 1 heterocycles. The number of benzene rings is 1. The Hall–Kier alpha value is -1.88. The van der Waals surface area contributed by atoms with Crippen LogP contribution in [0.5, 0.6) is 0 Å². The minimum absolute atomic E-state index is 0.0441. The fraction of sp³-hybridized carbons (Fsp3) is 0.385. The van der Waals surface area contributed by atoms with Crippen LogP contribution in [0.4, 0.5) is 0 Å². The van der Waals surface area contributed by atoms with E-state index in [0.29, 0.717) is 6.54 Å². The van der Waals surface area contributed by atoms with E-state index in [1.54, 1.807) is 7.05 Å². The van der Waals surface area contributed by atoms with Gasteiger partial charge in [0.1, 0.15) is 0 Å². The van der Waals surface area contributed by atoms with Crippen LogP contribution in [0.1, 0.15) is 17.0 Å². The van der Waals surface area contributed by atoms with Crippen molar-refractivity contribution in [2.45, 2.75) is 12.5 Å². The minimum atomic E-state index is -0.497. The summed E-state index contributed by atoms with van der Waals surface area (Å²) < 4.78 is 0. The highest BCUT2D eigenvalue weighted by Gasteiger charge is 2.28. The van der Waals surface area contributed by atoms with Crippen LogP contribution < -0.4 is 11.1 Å². The lowest BCUT2D eigenvalue weighted by atomic mass is 9.90. The maximum Gasteiger partial charge on any atom is 0.237 e. The summed E-state index contributed by atoms with van der Waals surface area (Å²) >= 11 is 0. The van der Waals surface area contributed by atoms with Crippen LogP contribution in [0.2, 0.25) is 0 Å². The molecule has 0 bridgehead atoms. The van der Waals surface area contributed by atoms with E-state index in [9.17, 15) is 9.59 Å². The summed E-state index contributed by atoms with van der Waals surface area (Å²) in [4.78, 5) is 24.5. The highest BCUT2D eigenvalue weighted by molar-refractivity contribution is 5.88. The van der Waals surface area contributed by atoms with Crippen molar-refractivity contribution in [1.29, 1.82) is 0 Å². The molecule has 2 amide bonds. The molecule has 0 spiro atoms. The Labute approximate surface area is 106 Å². The number of nitrogens with one attached hydrogen (secondary N) is 1. The van der Waals surface area contributed by atoms with Gasteiger partial charge in [-0.15, -0.1) is 0 Å². The molecule has 5 nitrogen and oxygen atoms in total. The van der Waals surface area contributed by atoms with Crippen molar-refractivity contribution in [3.8, 4) is 0 Å². The molecule has 96 valence electrons. The van der Waals surface area contributed by atoms with Crippen molar-refractivity contribution in [2.24, 2.45) is 5.73 Å². The largest absolute Gasteiger partial charge is 0.368 e. The van der Waals surface area contributed by atoms with Gasteiger partial charge in [-0.2, -0.15) is 0 Å². The van der Waals surface area contributed by atoms with Gasteiger partial charge in [0.2, 0.25) is 11.8 Å². The summed E-state index contributed by atoms with van der Waals surface area (Å²) in [6, 6.07) is 7.87. The number of primary amides is 1. The lowest BCUT2D eigenvalue weighted by molar-refractivity contribution is -0.135. The Morgan fingerprint density at radius 2 is 2.17 bits per heavy atom. The first-order chi connectivity index (χ1) is 8.59. The van der Waals surface area contributed by atoms with Crippen molar-refractivity contribution in [3.63, 3.8) is 0 Å². The highest BCUT2D eigenvalue weighted by Crippen LogP contribution is 2.25. The SMILES string of the molecule is CN(CC(N)=O)C(=O)C1CNCc2ccccc21. The van der Waals surface area contributed by atoms with Gasteiger partial charge in [0.25, 0.3) is 0 Å². The maximum absolute atomic E-state index is 12.3. The van der Waals surface area contributed by atoms with Gasteiger partial charge in [0, 0.05) is 20.1 Å². The molecule has 0 fully saturated rings. The Kier molecular flexibility index (Phi) is 3.62. The van der Waals surface area contributed by atoms with Crippen LogP contribution in [0.25, 0.3) is 0 Å². The lowest BCUT2D eigenvalue weighted by Crippen LogP contribution is -2.42. The molecule has 5 heteroatoms. The second kappa shape index (κ2) is 5.18. The standard InChI is InChI=1S/C13H17N3O2/c1-16(8-12(14)17)13(18)11-7-15-6-9-4-2-3-5-10(9)11/h2-5,11,15H,6-8H2,1H3,(H2,14,17). The van der Waals surface area contributed by atoms with Crippen molar-refractivity contribution >= 4 is 11.8 Å². The molecule has 1 atom stereocenters. The zero-order valence-electron chi connectivity index (χ0n) is 10.3. The van der Waals surface area contributed by atoms with Crippen LogP contribution >= 0.6 is 0 Å². The van der Waals surface area contributed by atoms with Gasteiger partial charge in [-0.1, -0.05) is 24.3 Å². The quantitative estimate of drug-likeness (QED) is 0.778. The van der Waals surface area contributed by atoms with Gasteiger partial charge >= 0.3 is 0 Å². The van der Waals surface area contributed by atoms with Crippen LogP contribution in [0.3, 0.4) is 0 Å². The molecule has 3 N–H and O–H groups in total. The van der Waals surface area contributed by atoms with E-state index < -0.39 is 5.91 Å². The Balaban J connectivity index is 2.20. The summed E-state index contributed by atoms with van der Waals surface area (Å²) in [5.74, 6) is -0.810. The molecule has 0 saturated heterocycles. The van der Waals surface area contributed by atoms with Crippen molar-refractivity contribution < 1.29 is 9.59 Å². The van der Waals surface area contributed by atoms with Crippen LogP contribution in [0, 0.1) is 0 Å². The van der Waals surface area contributed by atoms with Crippen LogP contribution in [-0.2, 0) is 16.1 Å². The predicted octanol–water partition coefficient (Wildman–Crippen LogP) is -0.183. The number of nitrogens with zero attached hydrogens (tertiary/aromatic N) is 1. The Morgan fingerprint density at radius 3 is 2.89 bits per heavy atom. The second-order valence-electron chi connectivity index (χ2n) is 4.54. The molecule has 1 aliphatic heterocycles. The molecular weight excluding hydrogens is 230 g/mol. The number of fused-ring (bicyclic) bond motifs is 1. The molecule has 1 unspecified atom stereocenters. The van der Waals surface area contributed by atoms with Gasteiger partial charge in [0.05, 0.1) is 12.5 Å². The third kappa shape index (κ3) is 2.51. The number of rotatable bonds is 3. The second-order valence-corrected chi connectivity index (χ2v) is 4.54. The molecule has 1 aromatic carbocycles. The van der Waals surface area contributed by atoms with E-state index >= 15 is 0 Å². The van der Waals surface area contributed by atoms with Crippen LogP contribution in [0.15, 0.2) is 24.3 Å². The van der Waals surface area contributed by atoms with E-state index in [1.165, 1.54) is 4.90 Å². The molecule has 1 aliphatic rings. The molecule has 0 aromatic heterocycles. The topological polar surface area (TPSA) is 75.4 Å². The van der Waals surface area contributed by atoms with Gasteiger partial charge < -0.3 is 16.0 Å². The molecule has 2 rings (SSSR count). The van der Waals surface area contributed by atoms with Gasteiger partial charge in [0.15, 0.2) is 0 Å². The molecule has 0 aliphatic carbocycles. The normalized spacial score (nSPS) is 17.9. The van der Waals surface area contributed by atoms with Crippen LogP contribution in [-0.4, -0.2) is 36.9 Å². The summed E-state index contributed by atoms with van der Waals surface area (Å²) in [6.07, 6.45) is 0. The number of amides is 2. The number of hydrogen-bond acceptors (Lipinski definition) is 3. The number of carbonyl (C=O) groups excluding carboxylic acids is 2. The van der Waals surface area contributed by atoms with Crippen molar-refractivity contribution in [1.82, 2.24) is 10.2 Å². The summed E-state index contributed by atoms with van der Waals surface area (Å²) in [5.41, 5.74) is 7.28. The predicted molar refractivity (Wildman–Crippen MR) is 67.7 cm³/mol. The van der Waals surface area contributed by atoms with E-state index in [-0.39, 0.29) is 18.4 Å². The number of likely N-dealkylation sites (N-methyl/N-ethyl adjacent to an activating group) is 1. The van der Waals surface area contributed by atoms with E-state index in [0.717, 1.165) is 17.7 Å². The summed E-state index contributed by atoms with van der Waals surface area (Å²) in [6.45, 7) is 1.33. The first kappa shape index (κ1) is 12.6. The number of carbonyl (C=O) groups is 2. The average Bonchev–Trinajstić information content (AvgIpc) is 2.36. The molecule has 1 aromatic rings. The van der Waals surface area contributed by atoms with Gasteiger partial charge in [-0.05, 0) is 11.1 Å². The fourth-order valence-corrected chi connectivity index (χ4v) is 2.29. The van der Waals surface area contributed by atoms with Crippen molar-refractivity contribution in [3.05, 3.63) is 35.4 Å². The molecule has 18 heavy (non-hydrogen) atoms. The fourth-order valence-electron chi connectivity index (χ4n) is 2.29. The first-order valence-electron chi connectivity index (χ1n) is 5.91.